The first-order valence-corrected chi connectivity index (χ1v) is 7.08. The summed E-state index contributed by atoms with van der Waals surface area (Å²) in [5.41, 5.74) is 0.457. The summed E-state index contributed by atoms with van der Waals surface area (Å²) in [6, 6.07) is 6.34. The summed E-state index contributed by atoms with van der Waals surface area (Å²) in [4.78, 5) is 14.5. The number of thiophene rings is 1. The van der Waals surface area contributed by atoms with E-state index in [4.69, 9.17) is 0 Å². The topological polar surface area (TPSA) is 40.5 Å². The van der Waals surface area contributed by atoms with Gasteiger partial charge in [-0.15, -0.1) is 11.3 Å². The molecule has 0 aliphatic rings. The SMILES string of the molecule is CC(=O)c1cc(F)cc(CN(C)Cc2cccs2)c1O. The summed E-state index contributed by atoms with van der Waals surface area (Å²) in [6.45, 7) is 2.40. The number of benzene rings is 1. The van der Waals surface area contributed by atoms with E-state index in [0.717, 1.165) is 6.07 Å². The molecule has 0 unspecified atom stereocenters. The summed E-state index contributed by atoms with van der Waals surface area (Å²) >= 11 is 1.64. The quantitative estimate of drug-likeness (QED) is 0.859. The van der Waals surface area contributed by atoms with Crippen molar-refractivity contribution >= 4 is 17.1 Å². The second kappa shape index (κ2) is 6.15. The molecule has 0 fully saturated rings. The Morgan fingerprint density at radius 3 is 2.75 bits per heavy atom. The van der Waals surface area contributed by atoms with Gasteiger partial charge in [0.1, 0.15) is 11.6 Å². The zero-order valence-electron chi connectivity index (χ0n) is 11.4. The molecule has 20 heavy (non-hydrogen) atoms. The highest BCUT2D eigenvalue weighted by atomic mass is 32.1. The van der Waals surface area contributed by atoms with E-state index in [1.54, 1.807) is 11.3 Å². The molecular weight excluding hydrogens is 277 g/mol. The fraction of sp³-hybridized carbons (Fsp3) is 0.267. The largest absolute Gasteiger partial charge is 0.507 e. The fourth-order valence-electron chi connectivity index (χ4n) is 2.06. The van der Waals surface area contributed by atoms with Gasteiger partial charge in [-0.3, -0.25) is 9.69 Å². The van der Waals surface area contributed by atoms with E-state index in [9.17, 15) is 14.3 Å². The molecule has 0 aliphatic heterocycles. The second-order valence-corrected chi connectivity index (χ2v) is 5.80. The van der Waals surface area contributed by atoms with Crippen LogP contribution in [0.25, 0.3) is 0 Å². The standard InChI is InChI=1S/C15H16FNO2S/c1-10(18)14-7-12(16)6-11(15(14)19)8-17(2)9-13-4-3-5-20-13/h3-7,19H,8-9H2,1-2H3. The molecule has 0 bridgehead atoms. The smallest absolute Gasteiger partial charge is 0.163 e. The number of phenolic OH excluding ortho intramolecular Hbond substituents is 1. The van der Waals surface area contributed by atoms with Gasteiger partial charge >= 0.3 is 0 Å². The van der Waals surface area contributed by atoms with Crippen molar-refractivity contribution in [1.29, 1.82) is 0 Å². The van der Waals surface area contributed by atoms with Gasteiger partial charge in [0, 0.05) is 23.5 Å². The van der Waals surface area contributed by atoms with Gasteiger partial charge in [-0.05, 0) is 37.6 Å². The molecule has 1 aromatic carbocycles. The minimum absolute atomic E-state index is 0.0320. The molecule has 2 aromatic rings. The molecule has 0 amide bonds. The molecule has 106 valence electrons. The Hall–Kier alpha value is -1.72. The maximum Gasteiger partial charge on any atom is 0.163 e. The van der Waals surface area contributed by atoms with E-state index in [1.807, 2.05) is 29.5 Å². The number of Topliss-reactive ketones (excluding diaryl/α,β-unsaturated/α-hetero) is 1. The highest BCUT2D eigenvalue weighted by Gasteiger charge is 2.15. The third-order valence-electron chi connectivity index (χ3n) is 2.98. The van der Waals surface area contributed by atoms with Crippen molar-refractivity contribution in [3.63, 3.8) is 0 Å². The number of hydrogen-bond donors (Lipinski definition) is 1. The number of rotatable bonds is 5. The van der Waals surface area contributed by atoms with E-state index < -0.39 is 5.82 Å². The number of aromatic hydroxyl groups is 1. The van der Waals surface area contributed by atoms with Gasteiger partial charge in [0.15, 0.2) is 5.78 Å². The van der Waals surface area contributed by atoms with Crippen LogP contribution in [0.2, 0.25) is 0 Å². The van der Waals surface area contributed by atoms with Crippen LogP contribution in [0.4, 0.5) is 4.39 Å². The van der Waals surface area contributed by atoms with E-state index in [0.29, 0.717) is 18.7 Å². The van der Waals surface area contributed by atoms with Gasteiger partial charge in [-0.1, -0.05) is 6.07 Å². The fourth-order valence-corrected chi connectivity index (χ4v) is 2.84. The van der Waals surface area contributed by atoms with Crippen LogP contribution in [0.1, 0.15) is 27.7 Å². The zero-order valence-corrected chi connectivity index (χ0v) is 12.2. The number of hydrogen-bond acceptors (Lipinski definition) is 4. The molecule has 0 saturated heterocycles. The third-order valence-corrected chi connectivity index (χ3v) is 3.84. The summed E-state index contributed by atoms with van der Waals surface area (Å²) in [7, 11) is 1.89. The first kappa shape index (κ1) is 14.7. The van der Waals surface area contributed by atoms with Crippen molar-refractivity contribution in [2.24, 2.45) is 0 Å². The second-order valence-electron chi connectivity index (χ2n) is 4.77. The Kier molecular flexibility index (Phi) is 4.52. The van der Waals surface area contributed by atoms with Gasteiger partial charge in [0.2, 0.25) is 0 Å². The van der Waals surface area contributed by atoms with E-state index in [2.05, 4.69) is 0 Å². The van der Waals surface area contributed by atoms with Crippen molar-refractivity contribution in [3.05, 3.63) is 51.5 Å². The van der Waals surface area contributed by atoms with E-state index >= 15 is 0 Å². The summed E-state index contributed by atoms with van der Waals surface area (Å²) in [5.74, 6) is -0.978. The maximum atomic E-state index is 13.5. The number of nitrogens with zero attached hydrogens (tertiary/aromatic N) is 1. The monoisotopic (exact) mass is 293 g/mol. The Labute approximate surface area is 121 Å². The maximum absolute atomic E-state index is 13.5. The molecule has 0 radical (unpaired) electrons. The van der Waals surface area contributed by atoms with Crippen LogP contribution in [-0.2, 0) is 13.1 Å². The van der Waals surface area contributed by atoms with Gasteiger partial charge in [0.25, 0.3) is 0 Å². The number of halogens is 1. The number of carbonyl (C=O) groups is 1. The predicted octanol–water partition coefficient (Wildman–Crippen LogP) is 3.43. The number of ketones is 1. The molecule has 2 rings (SSSR count). The normalized spacial score (nSPS) is 11.0. The summed E-state index contributed by atoms with van der Waals surface area (Å²) in [5, 5.41) is 12.0. The van der Waals surface area contributed by atoms with E-state index in [1.165, 1.54) is 17.9 Å². The molecule has 3 nitrogen and oxygen atoms in total. The molecule has 0 atom stereocenters. The van der Waals surface area contributed by atoms with Gasteiger partial charge in [0.05, 0.1) is 5.56 Å². The zero-order chi connectivity index (χ0) is 14.7. The van der Waals surface area contributed by atoms with Crippen LogP contribution in [0.5, 0.6) is 5.75 Å². The Morgan fingerprint density at radius 2 is 2.15 bits per heavy atom. The number of phenols is 1. The molecule has 0 spiro atoms. The molecule has 5 heteroatoms. The van der Waals surface area contributed by atoms with Crippen LogP contribution >= 0.6 is 11.3 Å². The van der Waals surface area contributed by atoms with Crippen molar-refractivity contribution in [2.45, 2.75) is 20.0 Å². The van der Waals surface area contributed by atoms with Crippen molar-refractivity contribution < 1.29 is 14.3 Å². The lowest BCUT2D eigenvalue weighted by atomic mass is 10.0. The van der Waals surface area contributed by atoms with E-state index in [-0.39, 0.29) is 17.1 Å². The lowest BCUT2D eigenvalue weighted by molar-refractivity contribution is 0.101. The lowest BCUT2D eigenvalue weighted by Crippen LogP contribution is -2.17. The van der Waals surface area contributed by atoms with Crippen LogP contribution in [0, 0.1) is 5.82 Å². The highest BCUT2D eigenvalue weighted by Crippen LogP contribution is 2.26. The summed E-state index contributed by atoms with van der Waals surface area (Å²) < 4.78 is 13.5. The average molecular weight is 293 g/mol. The molecule has 0 saturated carbocycles. The highest BCUT2D eigenvalue weighted by molar-refractivity contribution is 7.09. The Morgan fingerprint density at radius 1 is 1.40 bits per heavy atom. The average Bonchev–Trinajstić information content (AvgIpc) is 2.85. The Balaban J connectivity index is 2.18. The molecular formula is C15H16FNO2S. The lowest BCUT2D eigenvalue weighted by Gasteiger charge is -2.17. The minimum Gasteiger partial charge on any atom is -0.507 e. The van der Waals surface area contributed by atoms with Crippen LogP contribution in [-0.4, -0.2) is 22.8 Å². The van der Waals surface area contributed by atoms with Crippen molar-refractivity contribution in [3.8, 4) is 5.75 Å². The predicted molar refractivity (Wildman–Crippen MR) is 77.6 cm³/mol. The third kappa shape index (κ3) is 3.43. The van der Waals surface area contributed by atoms with Crippen molar-refractivity contribution in [2.75, 3.05) is 7.05 Å². The summed E-state index contributed by atoms with van der Waals surface area (Å²) in [6.07, 6.45) is 0. The molecule has 1 heterocycles. The van der Waals surface area contributed by atoms with Gasteiger partial charge in [-0.25, -0.2) is 4.39 Å². The van der Waals surface area contributed by atoms with Crippen LogP contribution in [0.3, 0.4) is 0 Å². The molecule has 1 aromatic heterocycles. The molecule has 1 N–H and O–H groups in total. The Bertz CT molecular complexity index is 611. The van der Waals surface area contributed by atoms with Crippen LogP contribution < -0.4 is 0 Å². The van der Waals surface area contributed by atoms with Gasteiger partial charge < -0.3 is 5.11 Å². The van der Waals surface area contributed by atoms with Gasteiger partial charge in [-0.2, -0.15) is 0 Å². The first-order valence-electron chi connectivity index (χ1n) is 6.20. The first-order chi connectivity index (χ1) is 9.47. The van der Waals surface area contributed by atoms with Crippen molar-refractivity contribution in [1.82, 2.24) is 4.90 Å². The number of carbonyl (C=O) groups excluding carboxylic acids is 1. The molecule has 0 aliphatic carbocycles. The minimum atomic E-state index is -0.507. The van der Waals surface area contributed by atoms with Crippen LogP contribution in [0.15, 0.2) is 29.6 Å².